The fraction of sp³-hybridized carbons (Fsp3) is 0.538. The Labute approximate surface area is 100 Å². The molecular formula is C13H18BrN. The average Bonchev–Trinajstić information content (AvgIpc) is 2.24. The number of piperidine rings is 1. The predicted octanol–water partition coefficient (Wildman–Crippen LogP) is 3.30. The Morgan fingerprint density at radius 2 is 2.07 bits per heavy atom. The van der Waals surface area contributed by atoms with Crippen LogP contribution in [0.4, 0.5) is 0 Å². The van der Waals surface area contributed by atoms with Crippen molar-refractivity contribution in [1.29, 1.82) is 0 Å². The molecule has 0 radical (unpaired) electrons. The summed E-state index contributed by atoms with van der Waals surface area (Å²) in [5, 5.41) is 3.41. The minimum absolute atomic E-state index is 0.866. The van der Waals surface area contributed by atoms with Crippen LogP contribution < -0.4 is 5.32 Å². The molecule has 0 amide bonds. The van der Waals surface area contributed by atoms with Crippen LogP contribution in [-0.2, 0) is 6.42 Å². The molecule has 1 N–H and O–H groups in total. The van der Waals surface area contributed by atoms with E-state index in [-0.39, 0.29) is 0 Å². The van der Waals surface area contributed by atoms with Crippen molar-refractivity contribution >= 4 is 15.9 Å². The van der Waals surface area contributed by atoms with Gasteiger partial charge in [0, 0.05) is 4.47 Å². The van der Waals surface area contributed by atoms with E-state index in [4.69, 9.17) is 0 Å². The standard InChI is InChI=1S/C13H18BrN/c1-10-2-3-12(13(14)8-10)9-11-4-6-15-7-5-11/h2-3,8,11,15H,4-7,9H2,1H3. The summed E-state index contributed by atoms with van der Waals surface area (Å²) < 4.78 is 1.28. The van der Waals surface area contributed by atoms with Gasteiger partial charge in [-0.25, -0.2) is 0 Å². The van der Waals surface area contributed by atoms with Crippen LogP contribution in [0.1, 0.15) is 24.0 Å². The Bertz CT molecular complexity index is 329. The minimum Gasteiger partial charge on any atom is -0.317 e. The molecule has 1 aliphatic rings. The number of aryl methyl sites for hydroxylation is 1. The lowest BCUT2D eigenvalue weighted by Crippen LogP contribution is -2.28. The summed E-state index contributed by atoms with van der Waals surface area (Å²) in [6.07, 6.45) is 3.86. The second-order valence-corrected chi connectivity index (χ2v) is 5.35. The summed E-state index contributed by atoms with van der Waals surface area (Å²) in [6.45, 7) is 4.52. The van der Waals surface area contributed by atoms with Gasteiger partial charge in [-0.1, -0.05) is 28.1 Å². The summed E-state index contributed by atoms with van der Waals surface area (Å²) in [5.41, 5.74) is 2.79. The SMILES string of the molecule is Cc1ccc(CC2CCNCC2)c(Br)c1. The van der Waals surface area contributed by atoms with Crippen LogP contribution >= 0.6 is 15.9 Å². The second-order valence-electron chi connectivity index (χ2n) is 4.49. The van der Waals surface area contributed by atoms with Crippen LogP contribution in [0, 0.1) is 12.8 Å². The van der Waals surface area contributed by atoms with Crippen molar-refractivity contribution in [1.82, 2.24) is 5.32 Å². The van der Waals surface area contributed by atoms with Crippen molar-refractivity contribution in [3.8, 4) is 0 Å². The molecule has 2 rings (SSSR count). The largest absolute Gasteiger partial charge is 0.317 e. The van der Waals surface area contributed by atoms with E-state index >= 15 is 0 Å². The molecule has 1 saturated heterocycles. The van der Waals surface area contributed by atoms with Gasteiger partial charge >= 0.3 is 0 Å². The van der Waals surface area contributed by atoms with Crippen LogP contribution in [0.3, 0.4) is 0 Å². The minimum atomic E-state index is 0.866. The fourth-order valence-corrected chi connectivity index (χ4v) is 2.87. The molecular weight excluding hydrogens is 250 g/mol. The molecule has 0 aliphatic carbocycles. The molecule has 0 unspecified atom stereocenters. The number of benzene rings is 1. The Balaban J connectivity index is 2.03. The number of hydrogen-bond acceptors (Lipinski definition) is 1. The summed E-state index contributed by atoms with van der Waals surface area (Å²) in [7, 11) is 0. The molecule has 0 spiro atoms. The normalized spacial score (nSPS) is 18.0. The summed E-state index contributed by atoms with van der Waals surface area (Å²) in [6, 6.07) is 6.69. The van der Waals surface area contributed by atoms with E-state index in [1.807, 2.05) is 0 Å². The molecule has 1 fully saturated rings. The zero-order valence-corrected chi connectivity index (χ0v) is 10.8. The van der Waals surface area contributed by atoms with Gasteiger partial charge in [-0.15, -0.1) is 0 Å². The van der Waals surface area contributed by atoms with E-state index in [0.717, 1.165) is 5.92 Å². The number of rotatable bonds is 2. The van der Waals surface area contributed by atoms with Crippen LogP contribution in [0.5, 0.6) is 0 Å². The Kier molecular flexibility index (Phi) is 3.81. The zero-order chi connectivity index (χ0) is 10.7. The van der Waals surface area contributed by atoms with Gasteiger partial charge in [0.25, 0.3) is 0 Å². The third-order valence-electron chi connectivity index (χ3n) is 3.18. The van der Waals surface area contributed by atoms with Gasteiger partial charge < -0.3 is 5.32 Å². The number of nitrogens with one attached hydrogen (secondary N) is 1. The maximum absolute atomic E-state index is 3.66. The highest BCUT2D eigenvalue weighted by Gasteiger charge is 2.14. The highest BCUT2D eigenvalue weighted by atomic mass is 79.9. The van der Waals surface area contributed by atoms with E-state index in [1.54, 1.807) is 0 Å². The molecule has 1 aromatic rings. The zero-order valence-electron chi connectivity index (χ0n) is 9.22. The van der Waals surface area contributed by atoms with Gasteiger partial charge in [-0.3, -0.25) is 0 Å². The Hall–Kier alpha value is -0.340. The summed E-state index contributed by atoms with van der Waals surface area (Å²) in [5.74, 6) is 0.866. The maximum atomic E-state index is 3.66. The van der Waals surface area contributed by atoms with E-state index < -0.39 is 0 Å². The molecule has 0 saturated carbocycles. The van der Waals surface area contributed by atoms with Gasteiger partial charge in [-0.2, -0.15) is 0 Å². The van der Waals surface area contributed by atoms with Crippen molar-refractivity contribution < 1.29 is 0 Å². The molecule has 82 valence electrons. The molecule has 1 heterocycles. The topological polar surface area (TPSA) is 12.0 Å². The summed E-state index contributed by atoms with van der Waals surface area (Å²) in [4.78, 5) is 0. The van der Waals surface area contributed by atoms with Gasteiger partial charge in [-0.05, 0) is 62.4 Å². The number of halogens is 1. The van der Waals surface area contributed by atoms with Gasteiger partial charge in [0.1, 0.15) is 0 Å². The predicted molar refractivity (Wildman–Crippen MR) is 68.2 cm³/mol. The second kappa shape index (κ2) is 5.13. The molecule has 1 aromatic carbocycles. The third-order valence-corrected chi connectivity index (χ3v) is 3.91. The van der Waals surface area contributed by atoms with E-state index in [9.17, 15) is 0 Å². The average molecular weight is 268 g/mol. The Morgan fingerprint density at radius 3 is 2.73 bits per heavy atom. The first kappa shape index (κ1) is 11.2. The van der Waals surface area contributed by atoms with E-state index in [2.05, 4.69) is 46.4 Å². The molecule has 2 heteroatoms. The van der Waals surface area contributed by atoms with Crippen molar-refractivity contribution in [2.75, 3.05) is 13.1 Å². The smallest absolute Gasteiger partial charge is 0.0210 e. The van der Waals surface area contributed by atoms with Crippen LogP contribution in [0.25, 0.3) is 0 Å². The molecule has 1 aliphatic heterocycles. The molecule has 0 atom stereocenters. The first-order valence-corrected chi connectivity index (χ1v) is 6.51. The van der Waals surface area contributed by atoms with E-state index in [0.29, 0.717) is 0 Å². The van der Waals surface area contributed by atoms with Crippen LogP contribution in [-0.4, -0.2) is 13.1 Å². The van der Waals surface area contributed by atoms with E-state index in [1.165, 1.54) is 48.0 Å². The molecule has 0 aromatic heterocycles. The monoisotopic (exact) mass is 267 g/mol. The molecule has 15 heavy (non-hydrogen) atoms. The highest BCUT2D eigenvalue weighted by molar-refractivity contribution is 9.10. The van der Waals surface area contributed by atoms with Gasteiger partial charge in [0.05, 0.1) is 0 Å². The molecule has 0 bridgehead atoms. The lowest BCUT2D eigenvalue weighted by atomic mass is 9.91. The van der Waals surface area contributed by atoms with Crippen molar-refractivity contribution in [3.63, 3.8) is 0 Å². The lowest BCUT2D eigenvalue weighted by molar-refractivity contribution is 0.372. The quantitative estimate of drug-likeness (QED) is 0.867. The van der Waals surface area contributed by atoms with Crippen LogP contribution in [0.2, 0.25) is 0 Å². The summed E-state index contributed by atoms with van der Waals surface area (Å²) >= 11 is 3.66. The Morgan fingerprint density at radius 1 is 1.33 bits per heavy atom. The number of hydrogen-bond donors (Lipinski definition) is 1. The maximum Gasteiger partial charge on any atom is 0.0210 e. The van der Waals surface area contributed by atoms with Crippen LogP contribution in [0.15, 0.2) is 22.7 Å². The van der Waals surface area contributed by atoms with Crippen molar-refractivity contribution in [2.24, 2.45) is 5.92 Å². The first-order chi connectivity index (χ1) is 7.25. The van der Waals surface area contributed by atoms with Gasteiger partial charge in [0.2, 0.25) is 0 Å². The van der Waals surface area contributed by atoms with Gasteiger partial charge in [0.15, 0.2) is 0 Å². The van der Waals surface area contributed by atoms with Crippen molar-refractivity contribution in [2.45, 2.75) is 26.2 Å². The highest BCUT2D eigenvalue weighted by Crippen LogP contribution is 2.24. The fourth-order valence-electron chi connectivity index (χ4n) is 2.21. The third kappa shape index (κ3) is 3.05. The van der Waals surface area contributed by atoms with Crippen molar-refractivity contribution in [3.05, 3.63) is 33.8 Å². The lowest BCUT2D eigenvalue weighted by Gasteiger charge is -2.23. The molecule has 1 nitrogen and oxygen atoms in total. The first-order valence-electron chi connectivity index (χ1n) is 5.71.